The molecule has 1 N–H and O–H groups in total. The van der Waals surface area contributed by atoms with Crippen molar-refractivity contribution in [3.8, 4) is 11.5 Å². The largest absolute Gasteiger partial charge is 0.497 e. The number of carbonyl (C=O) groups excluding carboxylic acids is 3. The number of hydrogen-bond donors (Lipinski definition) is 1. The number of nitrogens with one attached hydrogen (secondary N) is 1. The third-order valence-corrected chi connectivity index (χ3v) is 5.38. The molecular formula is C19H24N2O5. The number of methoxy groups -OCH3 is 2. The summed E-state index contributed by atoms with van der Waals surface area (Å²) in [5.41, 5.74) is -0.562. The molecule has 1 heterocycles. The van der Waals surface area contributed by atoms with E-state index in [-0.39, 0.29) is 23.8 Å². The van der Waals surface area contributed by atoms with Crippen molar-refractivity contribution in [3.05, 3.63) is 23.8 Å². The first-order valence-electron chi connectivity index (χ1n) is 8.79. The molecule has 140 valence electrons. The van der Waals surface area contributed by atoms with Crippen LogP contribution < -0.4 is 14.8 Å². The number of hydrogen-bond acceptors (Lipinski definition) is 5. The molecule has 0 aromatic heterocycles. The second kappa shape index (κ2) is 6.97. The Morgan fingerprint density at radius 2 is 1.92 bits per heavy atom. The van der Waals surface area contributed by atoms with Crippen molar-refractivity contribution >= 4 is 17.7 Å². The van der Waals surface area contributed by atoms with E-state index in [4.69, 9.17) is 9.47 Å². The molecule has 2 aliphatic rings. The maximum absolute atomic E-state index is 12.9. The van der Waals surface area contributed by atoms with Gasteiger partial charge in [-0.3, -0.25) is 14.5 Å². The van der Waals surface area contributed by atoms with Crippen molar-refractivity contribution in [1.82, 2.24) is 10.2 Å². The van der Waals surface area contributed by atoms with Gasteiger partial charge in [-0.05, 0) is 49.8 Å². The summed E-state index contributed by atoms with van der Waals surface area (Å²) in [4.78, 5) is 39.0. The number of ether oxygens (including phenoxy) is 2. The molecule has 0 radical (unpaired) electrons. The number of nitrogens with zero attached hydrogens (tertiary/aromatic N) is 1. The lowest BCUT2D eigenvalue weighted by molar-refractivity contribution is -0.132. The lowest BCUT2D eigenvalue weighted by Gasteiger charge is -2.33. The highest BCUT2D eigenvalue weighted by molar-refractivity contribution is 6.11. The minimum Gasteiger partial charge on any atom is -0.497 e. The van der Waals surface area contributed by atoms with Crippen molar-refractivity contribution in [1.29, 1.82) is 0 Å². The van der Waals surface area contributed by atoms with Gasteiger partial charge in [0.2, 0.25) is 0 Å². The van der Waals surface area contributed by atoms with Gasteiger partial charge in [-0.15, -0.1) is 0 Å². The molecule has 0 atom stereocenters. The Morgan fingerprint density at radius 1 is 1.23 bits per heavy atom. The minimum absolute atomic E-state index is 0.283. The standard InChI is InChI=1S/C19H24N2O5/c1-12-6-8-19(9-7-12)17(23)21(18(24)20-19)11-15(22)14-10-13(25-2)4-5-16(14)26-3/h4-5,10,12H,6-9,11H2,1-3H3,(H,20,24). The number of benzene rings is 1. The van der Waals surface area contributed by atoms with Crippen LogP contribution in [0.25, 0.3) is 0 Å². The van der Waals surface area contributed by atoms with Crippen LogP contribution in [0.15, 0.2) is 18.2 Å². The number of imide groups is 1. The molecule has 0 bridgehead atoms. The van der Waals surface area contributed by atoms with E-state index in [1.807, 2.05) is 0 Å². The van der Waals surface area contributed by atoms with Crippen LogP contribution in [0.1, 0.15) is 43.0 Å². The predicted molar refractivity (Wildman–Crippen MR) is 94.5 cm³/mol. The number of urea groups is 1. The molecule has 1 aromatic rings. The van der Waals surface area contributed by atoms with E-state index in [9.17, 15) is 14.4 Å². The molecule has 1 aliphatic carbocycles. The Hall–Kier alpha value is -2.57. The van der Waals surface area contributed by atoms with Gasteiger partial charge in [-0.1, -0.05) is 6.92 Å². The van der Waals surface area contributed by atoms with E-state index in [1.165, 1.54) is 14.2 Å². The monoisotopic (exact) mass is 360 g/mol. The third-order valence-electron chi connectivity index (χ3n) is 5.38. The average Bonchev–Trinajstić information content (AvgIpc) is 2.87. The van der Waals surface area contributed by atoms with Gasteiger partial charge in [0.1, 0.15) is 17.0 Å². The third kappa shape index (κ3) is 3.13. The van der Waals surface area contributed by atoms with Gasteiger partial charge in [-0.25, -0.2) is 4.79 Å². The van der Waals surface area contributed by atoms with E-state index in [1.54, 1.807) is 18.2 Å². The van der Waals surface area contributed by atoms with E-state index < -0.39 is 11.6 Å². The van der Waals surface area contributed by atoms with Crippen molar-refractivity contribution < 1.29 is 23.9 Å². The molecule has 3 rings (SSSR count). The Morgan fingerprint density at radius 3 is 2.54 bits per heavy atom. The zero-order valence-electron chi connectivity index (χ0n) is 15.3. The average molecular weight is 360 g/mol. The Balaban J connectivity index is 1.80. The summed E-state index contributed by atoms with van der Waals surface area (Å²) >= 11 is 0. The SMILES string of the molecule is COc1ccc(OC)c(C(=O)CN2C(=O)NC3(CCC(C)CC3)C2=O)c1. The van der Waals surface area contributed by atoms with Gasteiger partial charge < -0.3 is 14.8 Å². The van der Waals surface area contributed by atoms with Gasteiger partial charge in [0, 0.05) is 0 Å². The molecule has 1 saturated heterocycles. The number of Topliss-reactive ketones (excluding diaryl/α,β-unsaturated/α-hetero) is 1. The molecule has 26 heavy (non-hydrogen) atoms. The van der Waals surface area contributed by atoms with Crippen molar-refractivity contribution in [2.24, 2.45) is 5.92 Å². The van der Waals surface area contributed by atoms with Crippen molar-refractivity contribution in [2.45, 2.75) is 38.1 Å². The van der Waals surface area contributed by atoms with Crippen LogP contribution in [0, 0.1) is 5.92 Å². The fourth-order valence-corrected chi connectivity index (χ4v) is 3.67. The van der Waals surface area contributed by atoms with Crippen molar-refractivity contribution in [3.63, 3.8) is 0 Å². The van der Waals surface area contributed by atoms with Crippen LogP contribution in [0.4, 0.5) is 4.79 Å². The van der Waals surface area contributed by atoms with Gasteiger partial charge in [0.15, 0.2) is 5.78 Å². The summed E-state index contributed by atoms with van der Waals surface area (Å²) in [6.07, 6.45) is 3.01. The number of ketones is 1. The summed E-state index contributed by atoms with van der Waals surface area (Å²) in [5, 5.41) is 2.83. The first-order chi connectivity index (χ1) is 12.4. The normalized spacial score (nSPS) is 25.3. The highest BCUT2D eigenvalue weighted by Gasteiger charge is 2.52. The zero-order valence-corrected chi connectivity index (χ0v) is 15.3. The van der Waals surface area contributed by atoms with Gasteiger partial charge in [0.05, 0.1) is 26.3 Å². The second-order valence-electron chi connectivity index (χ2n) is 7.08. The first kappa shape index (κ1) is 18.2. The van der Waals surface area contributed by atoms with Crippen molar-refractivity contribution in [2.75, 3.05) is 20.8 Å². The summed E-state index contributed by atoms with van der Waals surface area (Å²) in [6, 6.07) is 4.36. The van der Waals surface area contributed by atoms with E-state index in [2.05, 4.69) is 12.2 Å². The highest BCUT2D eigenvalue weighted by atomic mass is 16.5. The molecule has 3 amide bonds. The maximum Gasteiger partial charge on any atom is 0.325 e. The van der Waals surface area contributed by atoms with E-state index >= 15 is 0 Å². The van der Waals surface area contributed by atoms with Crippen LogP contribution in [-0.2, 0) is 4.79 Å². The summed E-state index contributed by atoms with van der Waals surface area (Å²) < 4.78 is 10.4. The van der Waals surface area contributed by atoms with Crippen LogP contribution >= 0.6 is 0 Å². The number of amides is 3. The summed E-state index contributed by atoms with van der Waals surface area (Å²) in [6.45, 7) is 1.83. The highest BCUT2D eigenvalue weighted by Crippen LogP contribution is 2.36. The lowest BCUT2D eigenvalue weighted by atomic mass is 9.77. The molecule has 1 spiro atoms. The fraction of sp³-hybridized carbons (Fsp3) is 0.526. The van der Waals surface area contributed by atoms with Gasteiger partial charge >= 0.3 is 6.03 Å². The quantitative estimate of drug-likeness (QED) is 0.644. The Kier molecular flexibility index (Phi) is 4.89. The lowest BCUT2D eigenvalue weighted by Crippen LogP contribution is -2.49. The Labute approximate surface area is 152 Å². The fourth-order valence-electron chi connectivity index (χ4n) is 3.67. The maximum atomic E-state index is 12.9. The van der Waals surface area contributed by atoms with E-state index in [0.29, 0.717) is 30.3 Å². The summed E-state index contributed by atoms with van der Waals surface area (Å²) in [7, 11) is 2.96. The van der Waals surface area contributed by atoms with E-state index in [0.717, 1.165) is 17.7 Å². The molecule has 7 heteroatoms. The first-order valence-corrected chi connectivity index (χ1v) is 8.79. The van der Waals surface area contributed by atoms with Gasteiger partial charge in [-0.2, -0.15) is 0 Å². The van der Waals surface area contributed by atoms with Crippen LogP contribution in [-0.4, -0.2) is 48.9 Å². The molecule has 1 saturated carbocycles. The van der Waals surface area contributed by atoms with Crippen LogP contribution in [0.2, 0.25) is 0 Å². The smallest absolute Gasteiger partial charge is 0.325 e. The molecule has 1 aliphatic heterocycles. The topological polar surface area (TPSA) is 84.9 Å². The summed E-state index contributed by atoms with van der Waals surface area (Å²) in [5.74, 6) is 0.755. The van der Waals surface area contributed by atoms with Gasteiger partial charge in [0.25, 0.3) is 5.91 Å². The zero-order chi connectivity index (χ0) is 18.9. The molecular weight excluding hydrogens is 336 g/mol. The van der Waals surface area contributed by atoms with Crippen LogP contribution in [0.3, 0.4) is 0 Å². The molecule has 7 nitrogen and oxygen atoms in total. The number of carbonyl (C=O) groups is 3. The predicted octanol–water partition coefficient (Wildman–Crippen LogP) is 2.39. The number of rotatable bonds is 5. The second-order valence-corrected chi connectivity index (χ2v) is 7.08. The molecule has 1 aromatic carbocycles. The Bertz CT molecular complexity index is 737. The molecule has 0 unspecified atom stereocenters. The minimum atomic E-state index is -0.845. The molecule has 2 fully saturated rings. The van der Waals surface area contributed by atoms with Crippen LogP contribution in [0.5, 0.6) is 11.5 Å².